The number of carbonyl (C=O) groups is 3. The molecule has 3 N–H and O–H groups in total. The van der Waals surface area contributed by atoms with E-state index in [2.05, 4.69) is 39.9 Å². The van der Waals surface area contributed by atoms with Crippen LogP contribution in [0.5, 0.6) is 0 Å². The molecule has 7 rings (SSSR count). The lowest BCUT2D eigenvalue weighted by Gasteiger charge is -2.20. The van der Waals surface area contributed by atoms with Crippen LogP contribution in [0.1, 0.15) is 58.3 Å². The van der Waals surface area contributed by atoms with Gasteiger partial charge in [-0.15, -0.1) is 0 Å². The number of ether oxygens (including phenoxy) is 1. The van der Waals surface area contributed by atoms with Crippen molar-refractivity contribution in [2.45, 2.75) is 57.7 Å². The molecule has 4 heterocycles. The number of imide groups is 1. The fraction of sp³-hybridized carbons (Fsp3) is 0.351. The van der Waals surface area contributed by atoms with Crippen LogP contribution in [0.3, 0.4) is 0 Å². The Morgan fingerprint density at radius 1 is 1.10 bits per heavy atom. The van der Waals surface area contributed by atoms with E-state index in [9.17, 15) is 24.0 Å². The lowest BCUT2D eigenvalue weighted by Crippen LogP contribution is -2.38. The third kappa shape index (κ3) is 6.05. The number of H-pyrrole nitrogens is 1. The molecule has 0 aliphatic carbocycles. The third-order valence-electron chi connectivity index (χ3n) is 9.75. The Morgan fingerprint density at radius 2 is 1.92 bits per heavy atom. The molecule has 12 heteroatoms. The summed E-state index contributed by atoms with van der Waals surface area (Å²) < 4.78 is 20.4. The summed E-state index contributed by atoms with van der Waals surface area (Å²) in [5, 5.41) is 16.6. The number of nitrogens with one attached hydrogen (secondary N) is 3. The Labute approximate surface area is 288 Å². The molecule has 0 unspecified atom stereocenters. The maximum Gasteiger partial charge on any atom is 0.332 e. The molecule has 3 aliphatic rings. The standard InChI is InChI=1S/C37H36ClFN6O4/c1-21-29(10-9-24(19-40)32(21)38)45-36(47)34-30(12-15-44(34)37(45)48)49-16-4-2-3-13-41-20-22-5-7-23(8-6-22)33-26-11-14-42-35(46)27-17-25(39)18-28(43-33)31(26)27/h5-10,17-18,30,34,41,43H,2-4,11-16,20H2,1H3,(H,42,46)/t30-,34+/m1/s1. The van der Waals surface area contributed by atoms with Crippen molar-refractivity contribution in [2.75, 3.05) is 31.1 Å². The number of aromatic nitrogens is 1. The molecule has 0 saturated carbocycles. The monoisotopic (exact) mass is 682 g/mol. The summed E-state index contributed by atoms with van der Waals surface area (Å²) in [5.74, 6) is -1.01. The Balaban J connectivity index is 0.859. The number of nitriles is 1. The second-order valence-corrected chi connectivity index (χ2v) is 13.1. The number of unbranched alkanes of at least 4 members (excludes halogenated alkanes) is 2. The lowest BCUT2D eigenvalue weighted by atomic mass is 9.99. The zero-order valence-corrected chi connectivity index (χ0v) is 27.8. The van der Waals surface area contributed by atoms with E-state index in [1.807, 2.05) is 6.07 Å². The number of fused-ring (bicyclic) bond motifs is 1. The van der Waals surface area contributed by atoms with Crippen molar-refractivity contribution in [3.63, 3.8) is 0 Å². The SMILES string of the molecule is Cc1c(N2C(=O)[C@@H]3[C@H](OCCCCCNCc4ccc(-c5[nH]c6cc(F)cc7c6c5CCNC7=O)cc4)CCN3C2=O)ccc(C#N)c1Cl. The summed E-state index contributed by atoms with van der Waals surface area (Å²) in [7, 11) is 0. The van der Waals surface area contributed by atoms with Crippen molar-refractivity contribution in [3.05, 3.63) is 87.2 Å². The second-order valence-electron chi connectivity index (χ2n) is 12.8. The highest BCUT2D eigenvalue weighted by atomic mass is 35.5. The molecule has 3 aliphatic heterocycles. The Morgan fingerprint density at radius 3 is 2.71 bits per heavy atom. The number of halogens is 2. The van der Waals surface area contributed by atoms with Gasteiger partial charge in [0.2, 0.25) is 0 Å². The second kappa shape index (κ2) is 13.6. The number of anilines is 1. The van der Waals surface area contributed by atoms with Crippen LogP contribution < -0.4 is 15.5 Å². The zero-order valence-electron chi connectivity index (χ0n) is 27.1. The van der Waals surface area contributed by atoms with E-state index in [0.717, 1.165) is 60.1 Å². The van der Waals surface area contributed by atoms with Gasteiger partial charge in [-0.25, -0.2) is 14.1 Å². The normalized spacial score (nSPS) is 18.6. The fourth-order valence-corrected chi connectivity index (χ4v) is 7.45. The van der Waals surface area contributed by atoms with Crippen LogP contribution in [-0.4, -0.2) is 66.1 Å². The van der Waals surface area contributed by atoms with Crippen molar-refractivity contribution in [1.29, 1.82) is 5.26 Å². The highest BCUT2D eigenvalue weighted by Crippen LogP contribution is 2.38. The molecule has 1 aromatic heterocycles. The van der Waals surface area contributed by atoms with Gasteiger partial charge < -0.3 is 25.3 Å². The largest absolute Gasteiger partial charge is 0.375 e. The smallest absolute Gasteiger partial charge is 0.332 e. The summed E-state index contributed by atoms with van der Waals surface area (Å²) in [5.41, 5.74) is 6.30. The first-order chi connectivity index (χ1) is 23.8. The molecule has 3 aromatic carbocycles. The molecule has 4 amide bonds. The number of rotatable bonds is 11. The third-order valence-corrected chi connectivity index (χ3v) is 10.2. The van der Waals surface area contributed by atoms with Crippen LogP contribution >= 0.6 is 11.6 Å². The van der Waals surface area contributed by atoms with Gasteiger partial charge in [0.1, 0.15) is 17.9 Å². The van der Waals surface area contributed by atoms with Crippen molar-refractivity contribution >= 4 is 46.0 Å². The van der Waals surface area contributed by atoms with Gasteiger partial charge >= 0.3 is 6.03 Å². The van der Waals surface area contributed by atoms with Crippen LogP contribution in [0.15, 0.2) is 48.5 Å². The summed E-state index contributed by atoms with van der Waals surface area (Å²) >= 11 is 6.31. The summed E-state index contributed by atoms with van der Waals surface area (Å²) in [6.07, 6.45) is 3.69. The van der Waals surface area contributed by atoms with Crippen LogP contribution in [0, 0.1) is 24.1 Å². The number of benzene rings is 3. The molecule has 0 spiro atoms. The van der Waals surface area contributed by atoms with Crippen molar-refractivity contribution in [2.24, 2.45) is 0 Å². The van der Waals surface area contributed by atoms with E-state index in [4.69, 9.17) is 16.3 Å². The minimum Gasteiger partial charge on any atom is -0.375 e. The lowest BCUT2D eigenvalue weighted by molar-refractivity contribution is -0.122. The Hall–Kier alpha value is -4.76. The van der Waals surface area contributed by atoms with E-state index < -0.39 is 11.9 Å². The van der Waals surface area contributed by atoms with E-state index in [0.29, 0.717) is 60.4 Å². The Kier molecular flexibility index (Phi) is 9.11. The number of hydrogen-bond donors (Lipinski definition) is 3. The van der Waals surface area contributed by atoms with Gasteiger partial charge in [0.25, 0.3) is 11.8 Å². The molecule has 2 saturated heterocycles. The van der Waals surface area contributed by atoms with E-state index in [-0.39, 0.29) is 29.0 Å². The molecular weight excluding hydrogens is 647 g/mol. The highest BCUT2D eigenvalue weighted by Gasteiger charge is 2.53. The Bertz CT molecular complexity index is 2000. The van der Waals surface area contributed by atoms with Crippen LogP contribution in [0.25, 0.3) is 22.2 Å². The average Bonchev–Trinajstić information content (AvgIpc) is 3.72. The maximum absolute atomic E-state index is 14.2. The number of urea groups is 1. The molecule has 0 bridgehead atoms. The number of carbonyl (C=O) groups excluding carboxylic acids is 3. The molecule has 2 atom stereocenters. The first-order valence-corrected chi connectivity index (χ1v) is 17.0. The average molecular weight is 683 g/mol. The van der Waals surface area contributed by atoms with Gasteiger partial charge in [-0.3, -0.25) is 9.59 Å². The van der Waals surface area contributed by atoms with Gasteiger partial charge in [0.05, 0.1) is 27.9 Å². The van der Waals surface area contributed by atoms with Crippen LogP contribution in [0.2, 0.25) is 5.02 Å². The van der Waals surface area contributed by atoms with Crippen LogP contribution in [-0.2, 0) is 22.5 Å². The van der Waals surface area contributed by atoms with Crippen molar-refractivity contribution < 1.29 is 23.5 Å². The number of aromatic amines is 1. The van der Waals surface area contributed by atoms with Gasteiger partial charge in [0, 0.05) is 42.8 Å². The highest BCUT2D eigenvalue weighted by molar-refractivity contribution is 6.33. The van der Waals surface area contributed by atoms with E-state index in [1.165, 1.54) is 23.1 Å². The number of hydrogen-bond acceptors (Lipinski definition) is 6. The molecule has 0 radical (unpaired) electrons. The predicted octanol–water partition coefficient (Wildman–Crippen LogP) is 5.98. The van der Waals surface area contributed by atoms with E-state index >= 15 is 0 Å². The minimum atomic E-state index is -0.653. The number of nitrogens with zero attached hydrogens (tertiary/aromatic N) is 3. The topological polar surface area (TPSA) is 131 Å². The van der Waals surface area contributed by atoms with Gasteiger partial charge in [-0.05, 0) is 92.1 Å². The molecule has 252 valence electrons. The summed E-state index contributed by atoms with van der Waals surface area (Å²) in [4.78, 5) is 45.1. The van der Waals surface area contributed by atoms with Crippen molar-refractivity contribution in [1.82, 2.24) is 20.5 Å². The van der Waals surface area contributed by atoms with E-state index in [1.54, 1.807) is 17.9 Å². The molecule has 10 nitrogen and oxygen atoms in total. The first-order valence-electron chi connectivity index (χ1n) is 16.6. The number of amides is 4. The van der Waals surface area contributed by atoms with Gasteiger partial charge in [-0.1, -0.05) is 35.9 Å². The molecule has 2 fully saturated rings. The molecule has 49 heavy (non-hydrogen) atoms. The summed E-state index contributed by atoms with van der Waals surface area (Å²) in [6, 6.07) is 15.1. The zero-order chi connectivity index (χ0) is 34.2. The van der Waals surface area contributed by atoms with Gasteiger partial charge in [-0.2, -0.15) is 5.26 Å². The summed E-state index contributed by atoms with van der Waals surface area (Å²) in [6.45, 7) is 4.73. The first kappa shape index (κ1) is 32.8. The molecular formula is C37H36ClFN6O4. The fourth-order valence-electron chi connectivity index (χ4n) is 7.25. The van der Waals surface area contributed by atoms with Crippen molar-refractivity contribution in [3.8, 4) is 17.3 Å². The minimum absolute atomic E-state index is 0.241. The maximum atomic E-state index is 14.2. The predicted molar refractivity (Wildman–Crippen MR) is 184 cm³/mol. The van der Waals surface area contributed by atoms with Crippen LogP contribution in [0.4, 0.5) is 14.9 Å². The molecule has 4 aromatic rings. The quantitative estimate of drug-likeness (QED) is 0.132. The van der Waals surface area contributed by atoms with Gasteiger partial charge in [0.15, 0.2) is 0 Å².